The Labute approximate surface area is 237 Å². The van der Waals surface area contributed by atoms with Gasteiger partial charge in [0, 0.05) is 11.1 Å². The molecule has 0 saturated carbocycles. The van der Waals surface area contributed by atoms with Gasteiger partial charge in [-0.1, -0.05) is 75.0 Å². The summed E-state index contributed by atoms with van der Waals surface area (Å²) < 4.78 is 24.3. The van der Waals surface area contributed by atoms with E-state index in [0.717, 1.165) is 22.9 Å². The molecule has 0 unspecified atom stereocenters. The Morgan fingerprint density at radius 1 is 1.00 bits per heavy atom. The number of thioether (sulfide) groups is 1. The van der Waals surface area contributed by atoms with Crippen LogP contribution in [-0.2, 0) is 21.6 Å². The highest BCUT2D eigenvalue weighted by molar-refractivity contribution is 8.18. The second-order valence-electron chi connectivity index (χ2n) is 10.1. The summed E-state index contributed by atoms with van der Waals surface area (Å²) in [6, 6.07) is 20.3. The van der Waals surface area contributed by atoms with E-state index in [9.17, 15) is 19.1 Å². The van der Waals surface area contributed by atoms with Crippen molar-refractivity contribution in [3.8, 4) is 5.75 Å². The van der Waals surface area contributed by atoms with Crippen molar-refractivity contribution in [2.75, 3.05) is 6.61 Å². The molecular formula is C32H30FNO5S. The maximum Gasteiger partial charge on any atom is 0.344 e. The van der Waals surface area contributed by atoms with Gasteiger partial charge < -0.3 is 14.6 Å². The lowest BCUT2D eigenvalue weighted by Gasteiger charge is -2.18. The number of para-hydroxylation sites is 1. The van der Waals surface area contributed by atoms with Crippen LogP contribution < -0.4 is 4.74 Å². The van der Waals surface area contributed by atoms with Crippen LogP contribution in [0.2, 0.25) is 0 Å². The van der Waals surface area contributed by atoms with Gasteiger partial charge in [0.05, 0.1) is 11.5 Å². The minimum Gasteiger partial charge on any atom is -0.506 e. The molecule has 1 N–H and O–H groups in total. The van der Waals surface area contributed by atoms with E-state index in [4.69, 9.17) is 9.47 Å². The fourth-order valence-electron chi connectivity index (χ4n) is 3.88. The SMILES string of the molecule is CCOC(=O)C1=C(O)/C(=C\c2ccccc2OCc2ccc(F)cc2)SC1=NC(=O)c1ccc(C(C)(C)C)cc1. The molecule has 0 aromatic heterocycles. The minimum atomic E-state index is -0.772. The topological polar surface area (TPSA) is 85.2 Å². The van der Waals surface area contributed by atoms with Crippen molar-refractivity contribution in [2.24, 2.45) is 4.99 Å². The molecule has 0 bridgehead atoms. The van der Waals surface area contributed by atoms with E-state index in [1.807, 2.05) is 18.2 Å². The second-order valence-corrected chi connectivity index (χ2v) is 11.1. The van der Waals surface area contributed by atoms with Gasteiger partial charge in [0.2, 0.25) is 0 Å². The normalized spacial score (nSPS) is 15.5. The molecule has 0 atom stereocenters. The summed E-state index contributed by atoms with van der Waals surface area (Å²) in [7, 11) is 0. The van der Waals surface area contributed by atoms with Crippen molar-refractivity contribution in [3.63, 3.8) is 0 Å². The summed E-state index contributed by atoms with van der Waals surface area (Å²) >= 11 is 0.999. The standard InChI is InChI=1S/C32H30FNO5S/c1-5-38-31(37)27-28(35)26(40-30(27)34-29(36)21-12-14-23(15-13-21)32(2,3)4)18-22-8-6-7-9-25(22)39-19-20-10-16-24(33)17-11-20/h6-18,35H,5,19H2,1-4H3/b26-18+,34-30?. The molecule has 1 amide bonds. The first kappa shape index (κ1) is 28.8. The number of aliphatic hydroxyl groups excluding tert-OH is 1. The van der Waals surface area contributed by atoms with Gasteiger partial charge in [-0.25, -0.2) is 14.2 Å². The Balaban J connectivity index is 1.64. The van der Waals surface area contributed by atoms with E-state index in [2.05, 4.69) is 25.8 Å². The maximum atomic E-state index is 13.2. The zero-order chi connectivity index (χ0) is 28.9. The summed E-state index contributed by atoms with van der Waals surface area (Å²) in [5.74, 6) is -1.45. The van der Waals surface area contributed by atoms with Crippen molar-refractivity contribution in [1.29, 1.82) is 0 Å². The Hall–Kier alpha value is -4.17. The van der Waals surface area contributed by atoms with Crippen LogP contribution in [0.5, 0.6) is 5.75 Å². The number of carbonyl (C=O) groups is 2. The molecule has 1 heterocycles. The molecule has 0 aliphatic carbocycles. The van der Waals surface area contributed by atoms with Crippen LogP contribution in [0, 0.1) is 5.82 Å². The molecular weight excluding hydrogens is 529 g/mol. The Morgan fingerprint density at radius 3 is 2.33 bits per heavy atom. The molecule has 0 saturated heterocycles. The average molecular weight is 560 g/mol. The number of carbonyl (C=O) groups excluding carboxylic acids is 2. The third-order valence-electron chi connectivity index (χ3n) is 6.08. The van der Waals surface area contributed by atoms with E-state index in [0.29, 0.717) is 21.8 Å². The van der Waals surface area contributed by atoms with Crippen LogP contribution >= 0.6 is 11.8 Å². The first-order valence-corrected chi connectivity index (χ1v) is 13.6. The number of ether oxygens (including phenoxy) is 2. The highest BCUT2D eigenvalue weighted by atomic mass is 32.2. The smallest absolute Gasteiger partial charge is 0.344 e. The summed E-state index contributed by atoms with van der Waals surface area (Å²) in [5, 5.41) is 11.1. The van der Waals surface area contributed by atoms with Gasteiger partial charge in [-0.2, -0.15) is 0 Å². The highest BCUT2D eigenvalue weighted by Crippen LogP contribution is 2.40. The zero-order valence-corrected chi connectivity index (χ0v) is 23.5. The van der Waals surface area contributed by atoms with Crippen molar-refractivity contribution in [1.82, 2.24) is 0 Å². The van der Waals surface area contributed by atoms with Gasteiger partial charge in [-0.3, -0.25) is 4.79 Å². The monoisotopic (exact) mass is 559 g/mol. The van der Waals surface area contributed by atoms with E-state index >= 15 is 0 Å². The molecule has 3 aromatic rings. The minimum absolute atomic E-state index is 0.0526. The molecule has 1 aliphatic rings. The Kier molecular flexibility index (Phi) is 8.90. The summed E-state index contributed by atoms with van der Waals surface area (Å²) in [6.45, 7) is 8.20. The van der Waals surface area contributed by atoms with Crippen LogP contribution in [0.1, 0.15) is 54.7 Å². The number of benzene rings is 3. The van der Waals surface area contributed by atoms with Crippen LogP contribution in [0.3, 0.4) is 0 Å². The van der Waals surface area contributed by atoms with Gasteiger partial charge in [0.1, 0.15) is 34.5 Å². The van der Waals surface area contributed by atoms with Gasteiger partial charge in [0.15, 0.2) is 0 Å². The average Bonchev–Trinajstić information content (AvgIpc) is 3.22. The number of nitrogens with zero attached hydrogens (tertiary/aromatic N) is 1. The van der Waals surface area contributed by atoms with Gasteiger partial charge in [-0.15, -0.1) is 0 Å². The highest BCUT2D eigenvalue weighted by Gasteiger charge is 2.34. The third-order valence-corrected chi connectivity index (χ3v) is 7.10. The lowest BCUT2D eigenvalue weighted by Crippen LogP contribution is -2.14. The molecule has 6 nitrogen and oxygen atoms in total. The fourth-order valence-corrected chi connectivity index (χ4v) is 4.88. The fraction of sp³-hybridized carbons (Fsp3) is 0.219. The lowest BCUT2D eigenvalue weighted by atomic mass is 9.87. The number of halogens is 1. The molecule has 8 heteroatoms. The molecule has 3 aromatic carbocycles. The molecule has 206 valence electrons. The van der Waals surface area contributed by atoms with Gasteiger partial charge in [0.25, 0.3) is 5.91 Å². The predicted molar refractivity (Wildman–Crippen MR) is 156 cm³/mol. The number of amides is 1. The Bertz CT molecular complexity index is 1500. The van der Waals surface area contributed by atoms with Crippen molar-refractivity contribution in [3.05, 3.63) is 117 Å². The first-order chi connectivity index (χ1) is 19.1. The van der Waals surface area contributed by atoms with Crippen LogP contribution in [0.25, 0.3) is 6.08 Å². The van der Waals surface area contributed by atoms with E-state index < -0.39 is 11.9 Å². The van der Waals surface area contributed by atoms with E-state index in [-0.39, 0.29) is 40.8 Å². The Morgan fingerprint density at radius 2 is 1.68 bits per heavy atom. The molecule has 0 radical (unpaired) electrons. The van der Waals surface area contributed by atoms with E-state index in [1.54, 1.807) is 55.5 Å². The summed E-state index contributed by atoms with van der Waals surface area (Å²) in [4.78, 5) is 30.3. The molecule has 40 heavy (non-hydrogen) atoms. The van der Waals surface area contributed by atoms with Crippen molar-refractivity contribution < 1.29 is 28.6 Å². The third kappa shape index (κ3) is 6.87. The first-order valence-electron chi connectivity index (χ1n) is 12.8. The van der Waals surface area contributed by atoms with Crippen LogP contribution in [-0.4, -0.2) is 28.6 Å². The number of hydrogen-bond donors (Lipinski definition) is 1. The molecule has 4 rings (SSSR count). The maximum absolute atomic E-state index is 13.2. The summed E-state index contributed by atoms with van der Waals surface area (Å²) in [6.07, 6.45) is 1.66. The van der Waals surface area contributed by atoms with Crippen molar-refractivity contribution >= 4 is 34.8 Å². The zero-order valence-electron chi connectivity index (χ0n) is 22.7. The number of aliphatic imine (C=N–C) groups is 1. The van der Waals surface area contributed by atoms with E-state index in [1.165, 1.54) is 12.1 Å². The number of hydrogen-bond acceptors (Lipinski definition) is 6. The molecule has 0 fully saturated rings. The lowest BCUT2D eigenvalue weighted by molar-refractivity contribution is -0.138. The largest absolute Gasteiger partial charge is 0.506 e. The molecule has 1 aliphatic heterocycles. The number of rotatable bonds is 7. The second kappa shape index (κ2) is 12.3. The van der Waals surface area contributed by atoms with Crippen LogP contribution in [0.15, 0.2) is 94.0 Å². The van der Waals surface area contributed by atoms with Crippen LogP contribution in [0.4, 0.5) is 4.39 Å². The van der Waals surface area contributed by atoms with Gasteiger partial charge >= 0.3 is 5.97 Å². The van der Waals surface area contributed by atoms with Crippen molar-refractivity contribution in [2.45, 2.75) is 39.7 Å². The number of aliphatic hydroxyl groups is 1. The van der Waals surface area contributed by atoms with Gasteiger partial charge in [-0.05, 0) is 59.9 Å². The molecule has 0 spiro atoms. The summed E-state index contributed by atoms with van der Waals surface area (Å²) in [5.41, 5.74) is 2.62. The predicted octanol–water partition coefficient (Wildman–Crippen LogP) is 7.40. The number of esters is 1. The quantitative estimate of drug-likeness (QED) is 0.304.